The second-order valence-corrected chi connectivity index (χ2v) is 9.03. The number of benzene rings is 1. The lowest BCUT2D eigenvalue weighted by Crippen LogP contribution is -2.36. The third-order valence-electron chi connectivity index (χ3n) is 4.81. The molecule has 0 saturated heterocycles. The van der Waals surface area contributed by atoms with Crippen LogP contribution in [0.2, 0.25) is 0 Å². The molecule has 10 heteroatoms. The van der Waals surface area contributed by atoms with Crippen molar-refractivity contribution in [3.63, 3.8) is 0 Å². The third kappa shape index (κ3) is 6.67. The maximum absolute atomic E-state index is 12.5. The van der Waals surface area contributed by atoms with Crippen LogP contribution in [0.25, 0.3) is 0 Å². The van der Waals surface area contributed by atoms with Gasteiger partial charge in [0.1, 0.15) is 0 Å². The van der Waals surface area contributed by atoms with E-state index in [9.17, 15) is 8.42 Å². The van der Waals surface area contributed by atoms with E-state index in [4.69, 9.17) is 4.52 Å². The standard InChI is InChI=1S/C20H31N5O3S.HI/c1-6-15(7-2)18-12-17(28-24-18)14-23-20(21-3)22-13-16-10-8-9-11-19(16)29(26,27)25(4)5;/h8-12,15H,6-7,13-14H2,1-5H3,(H2,21,22,23);1H. The van der Waals surface area contributed by atoms with Crippen LogP contribution in [-0.4, -0.2) is 45.0 Å². The number of sulfonamides is 1. The summed E-state index contributed by atoms with van der Waals surface area (Å²) in [6, 6.07) is 8.90. The lowest BCUT2D eigenvalue weighted by molar-refractivity contribution is 0.368. The van der Waals surface area contributed by atoms with E-state index in [1.807, 2.05) is 12.1 Å². The normalized spacial score (nSPS) is 12.2. The highest BCUT2D eigenvalue weighted by molar-refractivity contribution is 14.0. The minimum Gasteiger partial charge on any atom is -0.359 e. The topological polar surface area (TPSA) is 99.8 Å². The highest BCUT2D eigenvalue weighted by Gasteiger charge is 2.20. The fourth-order valence-corrected chi connectivity index (χ4v) is 4.10. The van der Waals surface area contributed by atoms with E-state index in [1.165, 1.54) is 18.4 Å². The van der Waals surface area contributed by atoms with Crippen molar-refractivity contribution >= 4 is 40.0 Å². The number of aliphatic imine (C=N–C) groups is 1. The van der Waals surface area contributed by atoms with E-state index >= 15 is 0 Å². The summed E-state index contributed by atoms with van der Waals surface area (Å²) in [5.74, 6) is 1.67. The Balaban J connectivity index is 0.00000450. The molecule has 0 unspecified atom stereocenters. The number of hydrogen-bond acceptors (Lipinski definition) is 5. The van der Waals surface area contributed by atoms with Crippen LogP contribution in [0.15, 0.2) is 44.7 Å². The van der Waals surface area contributed by atoms with Gasteiger partial charge in [0.2, 0.25) is 10.0 Å². The van der Waals surface area contributed by atoms with E-state index in [1.54, 1.807) is 25.2 Å². The average molecular weight is 549 g/mol. The molecule has 1 aromatic carbocycles. The van der Waals surface area contributed by atoms with Crippen LogP contribution in [0.3, 0.4) is 0 Å². The van der Waals surface area contributed by atoms with Gasteiger partial charge in [-0.05, 0) is 24.5 Å². The van der Waals surface area contributed by atoms with E-state index in [-0.39, 0.29) is 28.9 Å². The summed E-state index contributed by atoms with van der Waals surface area (Å²) < 4.78 is 31.7. The Bertz CT molecular complexity index is 924. The largest absolute Gasteiger partial charge is 0.359 e. The minimum absolute atomic E-state index is 0. The molecule has 0 atom stereocenters. The molecule has 2 aromatic rings. The van der Waals surface area contributed by atoms with Gasteiger partial charge in [-0.2, -0.15) is 0 Å². The predicted octanol–water partition coefficient (Wildman–Crippen LogP) is 3.31. The zero-order chi connectivity index (χ0) is 21.4. The van der Waals surface area contributed by atoms with Crippen molar-refractivity contribution in [2.75, 3.05) is 21.1 Å². The lowest BCUT2D eigenvalue weighted by atomic mass is 9.99. The predicted molar refractivity (Wildman–Crippen MR) is 130 cm³/mol. The molecule has 8 nitrogen and oxygen atoms in total. The van der Waals surface area contributed by atoms with Crippen molar-refractivity contribution in [1.82, 2.24) is 20.1 Å². The molecule has 1 aromatic heterocycles. The van der Waals surface area contributed by atoms with Crippen molar-refractivity contribution in [3.05, 3.63) is 47.3 Å². The first-order valence-electron chi connectivity index (χ1n) is 9.73. The van der Waals surface area contributed by atoms with E-state index in [2.05, 4.69) is 34.6 Å². The van der Waals surface area contributed by atoms with Gasteiger partial charge < -0.3 is 15.2 Å². The van der Waals surface area contributed by atoms with Crippen molar-refractivity contribution in [3.8, 4) is 0 Å². The molecule has 0 aliphatic carbocycles. The summed E-state index contributed by atoms with van der Waals surface area (Å²) in [7, 11) is 1.18. The molecule has 1 heterocycles. The van der Waals surface area contributed by atoms with Crippen molar-refractivity contribution < 1.29 is 12.9 Å². The molecular formula is C20H32IN5O3S. The Labute approximate surface area is 196 Å². The summed E-state index contributed by atoms with van der Waals surface area (Å²) in [6.07, 6.45) is 2.04. The zero-order valence-corrected chi connectivity index (χ0v) is 21.3. The van der Waals surface area contributed by atoms with Gasteiger partial charge in [0, 0.05) is 39.7 Å². The van der Waals surface area contributed by atoms with Gasteiger partial charge in [0.05, 0.1) is 17.1 Å². The second kappa shape index (κ2) is 12.3. The third-order valence-corrected chi connectivity index (χ3v) is 6.73. The zero-order valence-electron chi connectivity index (χ0n) is 18.2. The smallest absolute Gasteiger partial charge is 0.242 e. The first-order valence-corrected chi connectivity index (χ1v) is 11.2. The van der Waals surface area contributed by atoms with Gasteiger partial charge in [0.15, 0.2) is 11.7 Å². The lowest BCUT2D eigenvalue weighted by Gasteiger charge is -2.16. The molecule has 0 aliphatic rings. The number of nitrogens with zero attached hydrogens (tertiary/aromatic N) is 3. The molecule has 0 amide bonds. The molecule has 0 bridgehead atoms. The van der Waals surface area contributed by atoms with Gasteiger partial charge >= 0.3 is 0 Å². The summed E-state index contributed by atoms with van der Waals surface area (Å²) in [5.41, 5.74) is 1.64. The Kier molecular flexibility index (Phi) is 10.8. The second-order valence-electron chi connectivity index (χ2n) is 6.91. The van der Waals surface area contributed by atoms with Gasteiger partial charge in [0.25, 0.3) is 0 Å². The highest BCUT2D eigenvalue weighted by Crippen LogP contribution is 2.22. The summed E-state index contributed by atoms with van der Waals surface area (Å²) in [4.78, 5) is 4.47. The van der Waals surface area contributed by atoms with Crippen LogP contribution in [0, 0.1) is 0 Å². The van der Waals surface area contributed by atoms with Crippen molar-refractivity contribution in [2.24, 2.45) is 4.99 Å². The number of guanidine groups is 1. The highest BCUT2D eigenvalue weighted by atomic mass is 127. The van der Waals surface area contributed by atoms with E-state index in [0.29, 0.717) is 30.5 Å². The molecule has 0 fully saturated rings. The van der Waals surface area contributed by atoms with E-state index < -0.39 is 10.0 Å². The first-order chi connectivity index (χ1) is 13.8. The van der Waals surface area contributed by atoms with Gasteiger partial charge in [-0.15, -0.1) is 24.0 Å². The van der Waals surface area contributed by atoms with Gasteiger partial charge in [-0.1, -0.05) is 37.2 Å². The molecule has 2 N–H and O–H groups in total. The summed E-state index contributed by atoms with van der Waals surface area (Å²) in [5, 5.41) is 10.5. The number of halogens is 1. The Morgan fingerprint density at radius 1 is 1.17 bits per heavy atom. The summed E-state index contributed by atoms with van der Waals surface area (Å²) >= 11 is 0. The summed E-state index contributed by atoms with van der Waals surface area (Å²) in [6.45, 7) is 5.03. The molecule has 0 spiro atoms. The van der Waals surface area contributed by atoms with Crippen LogP contribution in [0.1, 0.15) is 49.6 Å². The molecule has 0 radical (unpaired) electrons. The van der Waals surface area contributed by atoms with Crippen LogP contribution < -0.4 is 10.6 Å². The number of rotatable bonds is 9. The number of hydrogen-bond donors (Lipinski definition) is 2. The SMILES string of the molecule is CCC(CC)c1cc(CNC(=NC)NCc2ccccc2S(=O)(=O)N(C)C)on1.I. The molecule has 0 saturated carbocycles. The van der Waals surface area contributed by atoms with E-state index in [0.717, 1.165) is 24.3 Å². The first kappa shape index (κ1) is 26.4. The molecule has 2 rings (SSSR count). The maximum atomic E-state index is 12.5. The monoisotopic (exact) mass is 549 g/mol. The number of aromatic nitrogens is 1. The fourth-order valence-electron chi connectivity index (χ4n) is 2.98. The van der Waals surface area contributed by atoms with Crippen LogP contribution in [0.4, 0.5) is 0 Å². The Morgan fingerprint density at radius 2 is 1.80 bits per heavy atom. The Morgan fingerprint density at radius 3 is 2.40 bits per heavy atom. The van der Waals surface area contributed by atoms with Crippen LogP contribution in [0.5, 0.6) is 0 Å². The molecule has 168 valence electrons. The van der Waals surface area contributed by atoms with Gasteiger partial charge in [-0.3, -0.25) is 4.99 Å². The quantitative estimate of drug-likeness (QED) is 0.283. The number of nitrogens with one attached hydrogen (secondary N) is 2. The Hall–Kier alpha value is -1.66. The minimum atomic E-state index is -3.52. The molecule has 0 aliphatic heterocycles. The maximum Gasteiger partial charge on any atom is 0.242 e. The van der Waals surface area contributed by atoms with Crippen LogP contribution in [-0.2, 0) is 23.1 Å². The van der Waals surface area contributed by atoms with Gasteiger partial charge in [-0.25, -0.2) is 12.7 Å². The van der Waals surface area contributed by atoms with Crippen molar-refractivity contribution in [2.45, 2.75) is 50.6 Å². The average Bonchev–Trinajstić information content (AvgIpc) is 3.18. The van der Waals surface area contributed by atoms with Crippen LogP contribution >= 0.6 is 24.0 Å². The molecule has 30 heavy (non-hydrogen) atoms. The molecular weight excluding hydrogens is 517 g/mol. The fraction of sp³-hybridized carbons (Fsp3) is 0.500. The van der Waals surface area contributed by atoms with Crippen molar-refractivity contribution in [1.29, 1.82) is 0 Å².